The van der Waals surface area contributed by atoms with Gasteiger partial charge in [0.2, 0.25) is 5.91 Å². The third-order valence-electron chi connectivity index (χ3n) is 8.41. The third-order valence-corrected chi connectivity index (χ3v) is 11.0. The molecule has 0 N–H and O–H groups in total. The van der Waals surface area contributed by atoms with Gasteiger partial charge in [0, 0.05) is 18.0 Å². The van der Waals surface area contributed by atoms with Crippen LogP contribution in [-0.4, -0.2) is 44.2 Å². The van der Waals surface area contributed by atoms with Crippen LogP contribution in [0.1, 0.15) is 48.8 Å². The van der Waals surface area contributed by atoms with Crippen LogP contribution in [0.15, 0.2) is 47.4 Å². The van der Waals surface area contributed by atoms with E-state index in [4.69, 9.17) is 0 Å². The predicted molar refractivity (Wildman–Crippen MR) is 122 cm³/mol. The van der Waals surface area contributed by atoms with Crippen molar-refractivity contribution in [2.45, 2.75) is 72.2 Å². The number of carbonyl (C=O) groups excluding carboxylic acids is 1. The summed E-state index contributed by atoms with van der Waals surface area (Å²) in [5, 5.41) is 0. The van der Waals surface area contributed by atoms with Gasteiger partial charge in [0.15, 0.2) is 9.84 Å². The summed E-state index contributed by atoms with van der Waals surface area (Å²) < 4.78 is 136. The Hall–Kier alpha value is -2.70. The highest BCUT2D eigenvalue weighted by Gasteiger charge is 2.74. The van der Waals surface area contributed by atoms with Crippen molar-refractivity contribution in [2.75, 3.05) is 6.54 Å². The van der Waals surface area contributed by atoms with Crippen molar-refractivity contribution in [3.05, 3.63) is 65.0 Å². The highest BCUT2D eigenvalue weighted by atomic mass is 32.2. The smallest absolute Gasteiger partial charge is 0.337 e. The lowest BCUT2D eigenvalue weighted by Crippen LogP contribution is -2.54. The molecule has 1 saturated carbocycles. The van der Waals surface area contributed by atoms with Gasteiger partial charge in [-0.25, -0.2) is 17.2 Å². The number of halogens is 8. The fraction of sp³-hybridized carbons (Fsp3) is 0.500. The van der Waals surface area contributed by atoms with Gasteiger partial charge in [-0.15, -0.1) is 0 Å². The van der Waals surface area contributed by atoms with Gasteiger partial charge in [-0.1, -0.05) is 24.6 Å². The van der Waals surface area contributed by atoms with Crippen molar-refractivity contribution < 1.29 is 48.3 Å². The normalized spacial score (nSPS) is 24.2. The molecule has 1 saturated heterocycles. The van der Waals surface area contributed by atoms with Crippen LogP contribution in [0, 0.1) is 11.7 Å². The zero-order valence-electron chi connectivity index (χ0n) is 20.2. The molecule has 0 aromatic heterocycles. The molecule has 2 aliphatic carbocycles. The Balaban J connectivity index is 1.69. The molecule has 2 fully saturated rings. The predicted octanol–water partition coefficient (Wildman–Crippen LogP) is 6.13. The van der Waals surface area contributed by atoms with Crippen molar-refractivity contribution >= 4 is 15.7 Å². The molecule has 2 atom stereocenters. The van der Waals surface area contributed by atoms with Gasteiger partial charge < -0.3 is 4.90 Å². The zero-order chi connectivity index (χ0) is 28.6. The number of likely N-dealkylation sites (tertiary alicyclic amines) is 1. The van der Waals surface area contributed by atoms with E-state index in [-0.39, 0.29) is 53.7 Å². The van der Waals surface area contributed by atoms with Crippen molar-refractivity contribution in [2.24, 2.45) is 5.92 Å². The first-order valence-electron chi connectivity index (χ1n) is 12.3. The van der Waals surface area contributed by atoms with Crippen LogP contribution in [0.5, 0.6) is 0 Å². The second kappa shape index (κ2) is 8.90. The minimum atomic E-state index is -6.33. The average molecular weight is 582 g/mol. The van der Waals surface area contributed by atoms with Crippen LogP contribution in [0.4, 0.5) is 35.1 Å². The summed E-state index contributed by atoms with van der Waals surface area (Å²) in [5.41, 5.74) is -7.63. The minimum Gasteiger partial charge on any atom is -0.337 e. The molecule has 2 aromatic rings. The number of rotatable bonds is 4. The lowest BCUT2D eigenvalue weighted by atomic mass is 9.76. The van der Waals surface area contributed by atoms with Gasteiger partial charge in [0.05, 0.1) is 10.9 Å². The van der Waals surface area contributed by atoms with Crippen LogP contribution >= 0.6 is 0 Å². The van der Waals surface area contributed by atoms with Crippen LogP contribution < -0.4 is 0 Å². The number of hydrogen-bond acceptors (Lipinski definition) is 3. The van der Waals surface area contributed by atoms with E-state index in [1.807, 2.05) is 0 Å². The molecular formula is C26H23F8NO3S. The summed E-state index contributed by atoms with van der Waals surface area (Å²) >= 11 is 0. The number of hydrogen-bond donors (Lipinski definition) is 0. The number of sulfone groups is 1. The second-order valence-electron chi connectivity index (χ2n) is 10.3. The Kier molecular flexibility index (Phi) is 6.36. The van der Waals surface area contributed by atoms with E-state index in [2.05, 4.69) is 0 Å². The summed E-state index contributed by atoms with van der Waals surface area (Å²) in [7, 11) is -4.48. The van der Waals surface area contributed by atoms with Gasteiger partial charge in [0.1, 0.15) is 10.6 Å². The first-order valence-corrected chi connectivity index (χ1v) is 13.8. The van der Waals surface area contributed by atoms with Crippen molar-refractivity contribution in [3.63, 3.8) is 0 Å². The highest BCUT2D eigenvalue weighted by Crippen LogP contribution is 2.57. The molecule has 2 aromatic carbocycles. The molecule has 39 heavy (non-hydrogen) atoms. The molecule has 0 spiro atoms. The first-order chi connectivity index (χ1) is 18.1. The highest BCUT2D eigenvalue weighted by molar-refractivity contribution is 7.92. The van der Waals surface area contributed by atoms with Crippen LogP contribution in [-0.2, 0) is 31.5 Å². The molecule has 1 aliphatic heterocycles. The fourth-order valence-corrected chi connectivity index (χ4v) is 8.57. The van der Waals surface area contributed by atoms with E-state index in [1.165, 1.54) is 4.90 Å². The summed E-state index contributed by atoms with van der Waals surface area (Å²) in [6.45, 7) is -0.000231. The SMILES string of the molecule is O=C(C1CCC1)N1CC[C@@]2(S(=O)(=O)c3ccc(F)cc3)c3ccc(C(F)(C(F)(F)F)C(F)(F)F)cc3CC[C@@H]12. The summed E-state index contributed by atoms with van der Waals surface area (Å²) in [6, 6.07) is 4.49. The molecule has 212 valence electrons. The number of nitrogens with zero attached hydrogens (tertiary/aromatic N) is 1. The molecule has 0 unspecified atom stereocenters. The number of alkyl halides is 7. The van der Waals surface area contributed by atoms with Gasteiger partial charge >= 0.3 is 18.0 Å². The molecule has 0 bridgehead atoms. The maximum Gasteiger partial charge on any atom is 0.435 e. The van der Waals surface area contributed by atoms with Crippen LogP contribution in [0.3, 0.4) is 0 Å². The largest absolute Gasteiger partial charge is 0.435 e. The van der Waals surface area contributed by atoms with Crippen molar-refractivity contribution in [3.8, 4) is 0 Å². The standard InChI is InChI=1S/C26H23F8NO3S/c27-18-6-8-19(9-7-18)39(37,38)23-12-13-35(22(36)15-2-1-3-15)21(23)11-4-16-14-17(5-10-20(16)23)24(28,25(29,30)31)26(32,33)34/h5-10,14-15,21H,1-4,11-13H2/t21-,23-/m1/s1. The summed E-state index contributed by atoms with van der Waals surface area (Å²) in [4.78, 5) is 14.4. The minimum absolute atomic E-state index is 0.000231. The maximum atomic E-state index is 14.9. The quantitative estimate of drug-likeness (QED) is 0.323. The molecule has 0 radical (unpaired) electrons. The molecule has 3 aliphatic rings. The van der Waals surface area contributed by atoms with Gasteiger partial charge in [-0.3, -0.25) is 4.79 Å². The van der Waals surface area contributed by atoms with Crippen LogP contribution in [0.2, 0.25) is 0 Å². The monoisotopic (exact) mass is 581 g/mol. The lowest BCUT2D eigenvalue weighted by molar-refractivity contribution is -0.348. The summed E-state index contributed by atoms with van der Waals surface area (Å²) in [6.07, 6.45) is -11.0. The van der Waals surface area contributed by atoms with E-state index in [0.29, 0.717) is 25.0 Å². The maximum absolute atomic E-state index is 14.9. The number of fused-ring (bicyclic) bond motifs is 3. The molecule has 1 heterocycles. The topological polar surface area (TPSA) is 54.5 Å². The Labute approximate surface area is 218 Å². The Morgan fingerprint density at radius 3 is 2.05 bits per heavy atom. The zero-order valence-corrected chi connectivity index (χ0v) is 21.1. The molecule has 13 heteroatoms. The summed E-state index contributed by atoms with van der Waals surface area (Å²) in [5.74, 6) is -1.26. The Morgan fingerprint density at radius 2 is 1.51 bits per heavy atom. The van der Waals surface area contributed by atoms with E-state index in [1.54, 1.807) is 0 Å². The molecule has 1 amide bonds. The lowest BCUT2D eigenvalue weighted by Gasteiger charge is -2.44. The Morgan fingerprint density at radius 1 is 0.897 bits per heavy atom. The van der Waals surface area contributed by atoms with Crippen LogP contribution in [0.25, 0.3) is 0 Å². The molecule has 4 nitrogen and oxygen atoms in total. The van der Waals surface area contributed by atoms with E-state index >= 15 is 0 Å². The average Bonchev–Trinajstić information content (AvgIpc) is 3.22. The first kappa shape index (κ1) is 27.9. The fourth-order valence-electron chi connectivity index (χ4n) is 6.21. The molecular weight excluding hydrogens is 558 g/mol. The number of amides is 1. The Bertz CT molecular complexity index is 1390. The van der Waals surface area contributed by atoms with E-state index < -0.39 is 50.0 Å². The van der Waals surface area contributed by atoms with Crippen molar-refractivity contribution in [1.29, 1.82) is 0 Å². The molecule has 5 rings (SSSR count). The van der Waals surface area contributed by atoms with Gasteiger partial charge in [0.25, 0.3) is 0 Å². The third kappa shape index (κ3) is 3.89. The number of aryl methyl sites for hydroxylation is 1. The van der Waals surface area contributed by atoms with Gasteiger partial charge in [-0.2, -0.15) is 26.3 Å². The van der Waals surface area contributed by atoms with Crippen molar-refractivity contribution in [1.82, 2.24) is 4.90 Å². The van der Waals surface area contributed by atoms with Gasteiger partial charge in [-0.05, 0) is 67.5 Å². The number of benzene rings is 2. The van der Waals surface area contributed by atoms with E-state index in [9.17, 15) is 48.3 Å². The van der Waals surface area contributed by atoms with E-state index in [0.717, 1.165) is 36.8 Å². The number of carbonyl (C=O) groups is 1. The second-order valence-corrected chi connectivity index (χ2v) is 12.5.